The highest BCUT2D eigenvalue weighted by atomic mass is 16.2. The van der Waals surface area contributed by atoms with E-state index < -0.39 is 23.6 Å². The predicted octanol–water partition coefficient (Wildman–Crippen LogP) is 11.6. The minimum Gasteiger partial charge on any atom is -0.268 e. The van der Waals surface area contributed by atoms with E-state index in [-0.39, 0.29) is 45.9 Å². The van der Waals surface area contributed by atoms with E-state index in [2.05, 4.69) is 12.1 Å². The van der Waals surface area contributed by atoms with Crippen LogP contribution in [0.15, 0.2) is 72.8 Å². The zero-order chi connectivity index (χ0) is 41.2. The molecule has 4 amide bonds. The second kappa shape index (κ2) is 12.8. The van der Waals surface area contributed by atoms with Crippen molar-refractivity contribution in [2.45, 2.75) is 79.1 Å². The van der Waals surface area contributed by atoms with Crippen LogP contribution in [0.1, 0.15) is 154 Å². The Balaban J connectivity index is 1.37. The van der Waals surface area contributed by atoms with E-state index in [1.807, 2.05) is 91.8 Å². The number of para-hydroxylation sites is 2. The SMILES string of the molecule is CC(C)c1cccc(C(C)C)c1N1C(=O)c2ccc3c4c(C#N)cc5c6c(ccc(c7c(C#N)cc(c2c37)C1=O)c64)C(=O)N(c1c(C(C)C)cccc1C(C)C)C5=O. The summed E-state index contributed by atoms with van der Waals surface area (Å²) >= 11 is 0. The molecule has 284 valence electrons. The summed E-state index contributed by atoms with van der Waals surface area (Å²) in [5.41, 5.74) is 6.07. The molecule has 7 aromatic rings. The first-order valence-corrected chi connectivity index (χ1v) is 19.8. The molecule has 2 heterocycles. The lowest BCUT2D eigenvalue weighted by atomic mass is 9.79. The van der Waals surface area contributed by atoms with Gasteiger partial charge < -0.3 is 0 Å². The van der Waals surface area contributed by atoms with Crippen molar-refractivity contribution in [2.24, 2.45) is 0 Å². The molecule has 0 atom stereocenters. The van der Waals surface area contributed by atoms with Crippen molar-refractivity contribution in [3.05, 3.63) is 128 Å². The van der Waals surface area contributed by atoms with Gasteiger partial charge in [0.1, 0.15) is 0 Å². The number of anilines is 2. The Kier molecular flexibility index (Phi) is 8.11. The molecule has 0 saturated carbocycles. The van der Waals surface area contributed by atoms with Crippen molar-refractivity contribution < 1.29 is 19.2 Å². The smallest absolute Gasteiger partial charge is 0.266 e. The number of hydrogen-bond acceptors (Lipinski definition) is 6. The Morgan fingerprint density at radius 2 is 0.724 bits per heavy atom. The quantitative estimate of drug-likeness (QED) is 0.0944. The number of hydrogen-bond donors (Lipinski definition) is 0. The molecule has 0 saturated heterocycles. The maximum atomic E-state index is 14.9. The molecule has 0 fully saturated rings. The molecule has 0 bridgehead atoms. The summed E-state index contributed by atoms with van der Waals surface area (Å²) in [6.07, 6.45) is 0. The topological polar surface area (TPSA) is 122 Å². The average molecular weight is 761 g/mol. The van der Waals surface area contributed by atoms with Gasteiger partial charge in [0.2, 0.25) is 0 Å². The van der Waals surface area contributed by atoms with Gasteiger partial charge >= 0.3 is 0 Å². The Labute approximate surface area is 336 Å². The highest BCUT2D eigenvalue weighted by Crippen LogP contribution is 2.50. The normalized spacial score (nSPS) is 14.2. The fourth-order valence-electron chi connectivity index (χ4n) is 9.59. The zero-order valence-electron chi connectivity index (χ0n) is 33.7. The standard InChI is InChI=1S/C50H40N4O4/c1-23(2)29-11-9-12-30(24(3)4)45(29)53-47(55)35-17-15-33-40-28(22-52)20-38-42-36(48(56)54(50(38)58)46-31(25(5)6)13-10-14-32(46)26(7)8)18-16-34(44(40)42)39-27(21-51)19-37(49(53)57)41(35)43(33)39/h9-20,23-26H,1-8H3. The van der Waals surface area contributed by atoms with Gasteiger partial charge in [-0.3, -0.25) is 19.2 Å². The van der Waals surface area contributed by atoms with Gasteiger partial charge in [0.05, 0.1) is 45.8 Å². The van der Waals surface area contributed by atoms with Gasteiger partial charge in [-0.25, -0.2) is 9.80 Å². The minimum atomic E-state index is -0.525. The van der Waals surface area contributed by atoms with E-state index >= 15 is 0 Å². The van der Waals surface area contributed by atoms with Crippen LogP contribution in [0, 0.1) is 22.7 Å². The number of amides is 4. The van der Waals surface area contributed by atoms with Crippen LogP contribution in [0.25, 0.3) is 43.1 Å². The van der Waals surface area contributed by atoms with Gasteiger partial charge in [-0.05, 0) is 81.0 Å². The first-order valence-electron chi connectivity index (χ1n) is 19.8. The number of imide groups is 2. The minimum absolute atomic E-state index is 0.0109. The lowest BCUT2D eigenvalue weighted by molar-refractivity contribution is 0.0877. The zero-order valence-corrected chi connectivity index (χ0v) is 33.7. The average Bonchev–Trinajstić information content (AvgIpc) is 3.20. The summed E-state index contributed by atoms with van der Waals surface area (Å²) in [6.45, 7) is 16.2. The molecule has 0 spiro atoms. The number of benzene rings is 7. The van der Waals surface area contributed by atoms with Crippen LogP contribution >= 0.6 is 0 Å². The number of nitriles is 2. The second-order valence-corrected chi connectivity index (χ2v) is 16.8. The van der Waals surface area contributed by atoms with Gasteiger partial charge in [-0.1, -0.05) is 104 Å². The van der Waals surface area contributed by atoms with Gasteiger partial charge in [-0.2, -0.15) is 10.5 Å². The number of fused-ring (bicyclic) bond motifs is 2. The molecule has 0 N–H and O–H groups in total. The van der Waals surface area contributed by atoms with Crippen molar-refractivity contribution in [1.82, 2.24) is 0 Å². The van der Waals surface area contributed by atoms with Crippen molar-refractivity contribution in [3.63, 3.8) is 0 Å². The highest BCUT2D eigenvalue weighted by molar-refractivity contribution is 6.46. The van der Waals surface area contributed by atoms with E-state index in [0.717, 1.165) is 22.3 Å². The van der Waals surface area contributed by atoms with Crippen molar-refractivity contribution >= 4 is 78.1 Å². The molecule has 7 aromatic carbocycles. The van der Waals surface area contributed by atoms with Gasteiger partial charge in [0, 0.05) is 43.4 Å². The summed E-state index contributed by atoms with van der Waals surface area (Å²) in [4.78, 5) is 61.9. The van der Waals surface area contributed by atoms with Crippen LogP contribution in [0.3, 0.4) is 0 Å². The largest absolute Gasteiger partial charge is 0.268 e. The highest BCUT2D eigenvalue weighted by Gasteiger charge is 2.41. The molecular weight excluding hydrogens is 721 g/mol. The Morgan fingerprint density at radius 3 is 1.02 bits per heavy atom. The molecule has 58 heavy (non-hydrogen) atoms. The maximum absolute atomic E-state index is 14.9. The summed E-state index contributed by atoms with van der Waals surface area (Å²) in [6, 6.07) is 26.4. The number of rotatable bonds is 6. The summed E-state index contributed by atoms with van der Waals surface area (Å²) in [5, 5.41) is 25.6. The third-order valence-electron chi connectivity index (χ3n) is 12.2. The second-order valence-electron chi connectivity index (χ2n) is 16.8. The van der Waals surface area contributed by atoms with E-state index in [9.17, 15) is 29.7 Å². The van der Waals surface area contributed by atoms with Crippen molar-refractivity contribution in [1.29, 1.82) is 10.5 Å². The fraction of sp³-hybridized carbons (Fsp3) is 0.240. The van der Waals surface area contributed by atoms with Crippen molar-refractivity contribution in [2.75, 3.05) is 9.80 Å². The molecule has 0 aliphatic carbocycles. The first kappa shape index (κ1) is 36.7. The van der Waals surface area contributed by atoms with Crippen LogP contribution < -0.4 is 9.80 Å². The van der Waals surface area contributed by atoms with Crippen LogP contribution in [0.4, 0.5) is 11.4 Å². The summed E-state index contributed by atoms with van der Waals surface area (Å²) in [5.74, 6) is -1.94. The van der Waals surface area contributed by atoms with E-state index in [0.29, 0.717) is 65.6 Å². The molecule has 2 aliphatic heterocycles. The maximum Gasteiger partial charge on any atom is 0.266 e. The van der Waals surface area contributed by atoms with E-state index in [1.165, 1.54) is 9.80 Å². The molecule has 0 aromatic heterocycles. The first-order chi connectivity index (χ1) is 27.7. The lowest BCUT2D eigenvalue weighted by Gasteiger charge is -2.34. The predicted molar refractivity (Wildman–Crippen MR) is 229 cm³/mol. The molecule has 8 heteroatoms. The van der Waals surface area contributed by atoms with Gasteiger partial charge in [0.15, 0.2) is 0 Å². The molecular formula is C50H40N4O4. The molecule has 0 unspecified atom stereocenters. The van der Waals surface area contributed by atoms with Crippen LogP contribution in [-0.2, 0) is 0 Å². The van der Waals surface area contributed by atoms with Crippen LogP contribution in [0.5, 0.6) is 0 Å². The van der Waals surface area contributed by atoms with Gasteiger partial charge in [-0.15, -0.1) is 0 Å². The van der Waals surface area contributed by atoms with Gasteiger partial charge in [0.25, 0.3) is 23.6 Å². The third-order valence-corrected chi connectivity index (χ3v) is 12.2. The summed E-state index contributed by atoms with van der Waals surface area (Å²) < 4.78 is 0. The molecule has 9 rings (SSSR count). The van der Waals surface area contributed by atoms with E-state index in [4.69, 9.17) is 0 Å². The van der Waals surface area contributed by atoms with Crippen LogP contribution in [0.2, 0.25) is 0 Å². The van der Waals surface area contributed by atoms with Crippen molar-refractivity contribution in [3.8, 4) is 12.1 Å². The number of carbonyl (C=O) groups is 4. The Morgan fingerprint density at radius 1 is 0.414 bits per heavy atom. The Bertz CT molecular complexity index is 2870. The molecule has 8 nitrogen and oxygen atoms in total. The summed E-state index contributed by atoms with van der Waals surface area (Å²) in [7, 11) is 0. The molecule has 0 radical (unpaired) electrons. The third kappa shape index (κ3) is 4.72. The monoisotopic (exact) mass is 760 g/mol. The lowest BCUT2D eigenvalue weighted by Crippen LogP contribution is -2.42. The van der Waals surface area contributed by atoms with E-state index in [1.54, 1.807) is 36.4 Å². The molecule has 2 aliphatic rings. The number of carbonyl (C=O) groups excluding carboxylic acids is 4. The number of nitrogens with zero attached hydrogens (tertiary/aromatic N) is 4. The Hall–Kier alpha value is -6.90. The fourth-order valence-corrected chi connectivity index (χ4v) is 9.59. The van der Waals surface area contributed by atoms with Crippen LogP contribution in [-0.4, -0.2) is 23.6 Å².